The molecule has 0 aliphatic carbocycles. The second-order valence-corrected chi connectivity index (χ2v) is 7.52. The van der Waals surface area contributed by atoms with E-state index in [0.717, 1.165) is 12.1 Å². The van der Waals surface area contributed by atoms with Crippen molar-refractivity contribution in [3.63, 3.8) is 0 Å². The Morgan fingerprint density at radius 3 is 1.90 bits per heavy atom. The molecular weight excluding hydrogens is 397 g/mol. The van der Waals surface area contributed by atoms with Crippen LogP contribution in [0, 0.1) is 11.8 Å². The van der Waals surface area contributed by atoms with Crippen LogP contribution < -0.4 is 9.47 Å². The molecule has 0 heterocycles. The van der Waals surface area contributed by atoms with Gasteiger partial charge in [-0.2, -0.15) is 13.2 Å². The molecule has 0 spiro atoms. The van der Waals surface area contributed by atoms with Gasteiger partial charge >= 0.3 is 12.1 Å². The molecule has 164 valence electrons. The Kier molecular flexibility index (Phi) is 8.15. The van der Waals surface area contributed by atoms with Gasteiger partial charge < -0.3 is 14.2 Å². The highest BCUT2D eigenvalue weighted by Gasteiger charge is 2.29. The van der Waals surface area contributed by atoms with Crippen LogP contribution in [0.2, 0.25) is 0 Å². The maximum Gasteiger partial charge on any atom is 0.416 e. The van der Waals surface area contributed by atoms with Crippen molar-refractivity contribution in [2.75, 3.05) is 6.61 Å². The van der Waals surface area contributed by atoms with E-state index >= 15 is 0 Å². The minimum absolute atomic E-state index is 0.0214. The fourth-order valence-corrected chi connectivity index (χ4v) is 2.53. The zero-order chi connectivity index (χ0) is 22.3. The molecule has 0 saturated carbocycles. The smallest absolute Gasteiger partial charge is 0.416 e. The van der Waals surface area contributed by atoms with Crippen molar-refractivity contribution >= 4 is 5.97 Å². The number of hydrogen-bond donors (Lipinski definition) is 0. The number of rotatable bonds is 9. The molecule has 2 unspecified atom stereocenters. The summed E-state index contributed by atoms with van der Waals surface area (Å²) in [5.41, 5.74) is -0.0480. The number of carbonyl (C=O) groups is 1. The third-order valence-electron chi connectivity index (χ3n) is 4.60. The number of benzene rings is 2. The second kappa shape index (κ2) is 10.4. The van der Waals surface area contributed by atoms with Gasteiger partial charge in [0.1, 0.15) is 18.1 Å². The van der Waals surface area contributed by atoms with Crippen molar-refractivity contribution in [1.29, 1.82) is 0 Å². The van der Waals surface area contributed by atoms with Crippen LogP contribution in [-0.2, 0) is 22.3 Å². The molecule has 0 aliphatic rings. The maximum atomic E-state index is 12.6. The summed E-state index contributed by atoms with van der Waals surface area (Å²) < 4.78 is 54.3. The predicted octanol–water partition coefficient (Wildman–Crippen LogP) is 5.89. The van der Waals surface area contributed by atoms with Crippen molar-refractivity contribution in [2.45, 2.75) is 46.6 Å². The van der Waals surface area contributed by atoms with Crippen molar-refractivity contribution < 1.29 is 32.2 Å². The fraction of sp³-hybridized carbons (Fsp3) is 0.435. The van der Waals surface area contributed by atoms with Crippen LogP contribution in [0.5, 0.6) is 11.5 Å². The topological polar surface area (TPSA) is 44.8 Å². The van der Waals surface area contributed by atoms with E-state index < -0.39 is 11.7 Å². The van der Waals surface area contributed by atoms with Gasteiger partial charge in [-0.1, -0.05) is 26.0 Å². The van der Waals surface area contributed by atoms with E-state index in [4.69, 9.17) is 14.2 Å². The molecule has 0 aromatic heterocycles. The van der Waals surface area contributed by atoms with Crippen LogP contribution >= 0.6 is 0 Å². The van der Waals surface area contributed by atoms with Crippen LogP contribution in [0.4, 0.5) is 13.2 Å². The number of esters is 1. The Morgan fingerprint density at radius 2 is 1.40 bits per heavy atom. The van der Waals surface area contributed by atoms with Gasteiger partial charge in [-0.05, 0) is 55.8 Å². The van der Waals surface area contributed by atoms with Gasteiger partial charge in [0.2, 0.25) is 0 Å². The third kappa shape index (κ3) is 7.28. The zero-order valence-corrected chi connectivity index (χ0v) is 17.5. The van der Waals surface area contributed by atoms with E-state index in [-0.39, 0.29) is 30.5 Å². The lowest BCUT2D eigenvalue weighted by Crippen LogP contribution is -2.27. The maximum absolute atomic E-state index is 12.6. The Balaban J connectivity index is 1.81. The SMILES string of the molecule is CC(C)OC(=O)C(C)C(C)COc1ccc(OCc2ccc(C(F)(F)F)cc2)cc1. The van der Waals surface area contributed by atoms with Gasteiger partial charge in [0.15, 0.2) is 0 Å². The Morgan fingerprint density at radius 1 is 0.867 bits per heavy atom. The van der Waals surface area contributed by atoms with Crippen molar-refractivity contribution in [3.05, 3.63) is 59.7 Å². The summed E-state index contributed by atoms with van der Waals surface area (Å²) in [4.78, 5) is 12.0. The van der Waals surface area contributed by atoms with Crippen molar-refractivity contribution in [2.24, 2.45) is 11.8 Å². The fourth-order valence-electron chi connectivity index (χ4n) is 2.53. The lowest BCUT2D eigenvalue weighted by atomic mass is 9.97. The summed E-state index contributed by atoms with van der Waals surface area (Å²) in [7, 11) is 0. The molecule has 4 nitrogen and oxygen atoms in total. The van der Waals surface area contributed by atoms with Gasteiger partial charge in [0, 0.05) is 5.92 Å². The molecular formula is C23H27F3O4. The molecule has 0 saturated heterocycles. The number of hydrogen-bond acceptors (Lipinski definition) is 4. The van der Waals surface area contributed by atoms with Gasteiger partial charge in [-0.25, -0.2) is 0 Å². The van der Waals surface area contributed by atoms with Crippen molar-refractivity contribution in [3.8, 4) is 11.5 Å². The highest BCUT2D eigenvalue weighted by molar-refractivity contribution is 5.72. The lowest BCUT2D eigenvalue weighted by Gasteiger charge is -2.20. The summed E-state index contributed by atoms with van der Waals surface area (Å²) in [6, 6.07) is 11.8. The Bertz CT molecular complexity index is 799. The van der Waals surface area contributed by atoms with E-state index in [9.17, 15) is 18.0 Å². The molecule has 0 fully saturated rings. The first kappa shape index (κ1) is 23.6. The normalized spacial score (nSPS) is 13.6. The van der Waals surface area contributed by atoms with Crippen molar-refractivity contribution in [1.82, 2.24) is 0 Å². The highest BCUT2D eigenvalue weighted by Crippen LogP contribution is 2.29. The first-order valence-corrected chi connectivity index (χ1v) is 9.78. The number of carbonyl (C=O) groups excluding carboxylic acids is 1. The van der Waals surface area contributed by atoms with Gasteiger partial charge in [-0.3, -0.25) is 4.79 Å². The minimum Gasteiger partial charge on any atom is -0.493 e. The van der Waals surface area contributed by atoms with Crippen LogP contribution in [0.25, 0.3) is 0 Å². The Hall–Kier alpha value is -2.70. The molecule has 2 rings (SSSR count). The molecule has 0 bridgehead atoms. The summed E-state index contributed by atoms with van der Waals surface area (Å²) in [5.74, 6) is 0.663. The van der Waals surface area contributed by atoms with Gasteiger partial charge in [0.05, 0.1) is 24.2 Å². The molecule has 7 heteroatoms. The van der Waals surface area contributed by atoms with Crippen LogP contribution in [-0.4, -0.2) is 18.7 Å². The summed E-state index contributed by atoms with van der Waals surface area (Å²) in [6.45, 7) is 7.88. The zero-order valence-electron chi connectivity index (χ0n) is 17.5. The number of ether oxygens (including phenoxy) is 3. The third-order valence-corrected chi connectivity index (χ3v) is 4.60. The summed E-state index contributed by atoms with van der Waals surface area (Å²) in [5, 5.41) is 0. The molecule has 0 radical (unpaired) electrons. The van der Waals surface area contributed by atoms with Crippen LogP contribution in [0.3, 0.4) is 0 Å². The van der Waals surface area contributed by atoms with Gasteiger partial charge in [0.25, 0.3) is 0 Å². The van der Waals surface area contributed by atoms with Crippen LogP contribution in [0.15, 0.2) is 48.5 Å². The van der Waals surface area contributed by atoms with E-state index in [1.165, 1.54) is 12.1 Å². The van der Waals surface area contributed by atoms with E-state index in [2.05, 4.69) is 0 Å². The Labute approximate surface area is 175 Å². The second-order valence-electron chi connectivity index (χ2n) is 7.52. The number of halogens is 3. The highest BCUT2D eigenvalue weighted by atomic mass is 19.4. The molecule has 0 N–H and O–H groups in total. The average Bonchev–Trinajstić information content (AvgIpc) is 2.69. The molecule has 2 aromatic rings. The molecule has 0 aliphatic heterocycles. The molecule has 30 heavy (non-hydrogen) atoms. The van der Waals surface area contributed by atoms with Crippen LogP contribution in [0.1, 0.15) is 38.8 Å². The molecule has 2 atom stereocenters. The van der Waals surface area contributed by atoms with Gasteiger partial charge in [-0.15, -0.1) is 0 Å². The monoisotopic (exact) mass is 424 g/mol. The minimum atomic E-state index is -4.35. The van der Waals surface area contributed by atoms with E-state index in [1.807, 2.05) is 27.7 Å². The summed E-state index contributed by atoms with van der Waals surface area (Å²) in [6.07, 6.45) is -4.50. The summed E-state index contributed by atoms with van der Waals surface area (Å²) >= 11 is 0. The lowest BCUT2D eigenvalue weighted by molar-refractivity contribution is -0.153. The predicted molar refractivity (Wildman–Crippen MR) is 107 cm³/mol. The molecule has 0 amide bonds. The average molecular weight is 424 g/mol. The first-order valence-electron chi connectivity index (χ1n) is 9.78. The van der Waals surface area contributed by atoms with E-state index in [1.54, 1.807) is 24.3 Å². The molecule has 2 aromatic carbocycles. The standard InChI is InChI=1S/C23H27F3O4/c1-15(2)30-22(27)17(4)16(3)13-28-20-9-11-21(12-10-20)29-14-18-5-7-19(8-6-18)23(24,25)26/h5-12,15-17H,13-14H2,1-4H3. The van der Waals surface area contributed by atoms with E-state index in [0.29, 0.717) is 23.7 Å². The number of alkyl halides is 3. The largest absolute Gasteiger partial charge is 0.493 e. The first-order chi connectivity index (χ1) is 14.1. The quantitative estimate of drug-likeness (QED) is 0.471.